The van der Waals surface area contributed by atoms with Crippen molar-refractivity contribution in [1.29, 1.82) is 0 Å². The number of carbonyl (C=O) groups is 1. The highest BCUT2D eigenvalue weighted by Crippen LogP contribution is 2.03. The molecule has 0 unspecified atom stereocenters. The van der Waals surface area contributed by atoms with Gasteiger partial charge in [-0.3, -0.25) is 0 Å². The molecule has 0 radical (unpaired) electrons. The zero-order valence-electron chi connectivity index (χ0n) is 10.4. The maximum Gasteiger partial charge on any atom is 0.331 e. The quantitative estimate of drug-likeness (QED) is 0.605. The molecule has 0 bridgehead atoms. The van der Waals surface area contributed by atoms with Gasteiger partial charge in [-0.1, -0.05) is 36.4 Å². The number of benzene rings is 1. The summed E-state index contributed by atoms with van der Waals surface area (Å²) in [7, 11) is 0. The van der Waals surface area contributed by atoms with E-state index in [1.54, 1.807) is 30.5 Å². The van der Waals surface area contributed by atoms with Gasteiger partial charge in [-0.15, -0.1) is 0 Å². The Kier molecular flexibility index (Phi) is 4.76. The number of carbonyl (C=O) groups excluding carboxylic acids is 1. The summed E-state index contributed by atoms with van der Waals surface area (Å²) < 4.78 is 10.1. The highest BCUT2D eigenvalue weighted by Gasteiger charge is 1.95. The molecule has 3 nitrogen and oxygen atoms in total. The van der Waals surface area contributed by atoms with Crippen LogP contribution in [0.2, 0.25) is 0 Å². The molecule has 0 amide bonds. The Balaban J connectivity index is 1.74. The fourth-order valence-corrected chi connectivity index (χ4v) is 1.46. The minimum Gasteiger partial charge on any atom is -0.465 e. The van der Waals surface area contributed by atoms with Crippen LogP contribution in [0.15, 0.2) is 65.3 Å². The maximum atomic E-state index is 11.4. The van der Waals surface area contributed by atoms with Crippen molar-refractivity contribution in [1.82, 2.24) is 0 Å². The van der Waals surface area contributed by atoms with Crippen LogP contribution in [0.3, 0.4) is 0 Å². The maximum absolute atomic E-state index is 11.4. The number of rotatable bonds is 5. The first-order chi connectivity index (χ1) is 9.34. The van der Waals surface area contributed by atoms with Crippen LogP contribution in [0.25, 0.3) is 12.2 Å². The second-order valence-electron chi connectivity index (χ2n) is 3.79. The van der Waals surface area contributed by atoms with Crippen LogP contribution in [0.5, 0.6) is 0 Å². The van der Waals surface area contributed by atoms with Gasteiger partial charge >= 0.3 is 5.97 Å². The van der Waals surface area contributed by atoms with Gasteiger partial charge < -0.3 is 9.15 Å². The van der Waals surface area contributed by atoms with Crippen molar-refractivity contribution in [2.45, 2.75) is 0 Å². The fourth-order valence-electron chi connectivity index (χ4n) is 1.46. The average molecular weight is 254 g/mol. The molecule has 96 valence electrons. The van der Waals surface area contributed by atoms with Crippen LogP contribution in [0.1, 0.15) is 11.3 Å². The molecule has 1 aromatic heterocycles. The van der Waals surface area contributed by atoms with Gasteiger partial charge in [0.1, 0.15) is 12.4 Å². The van der Waals surface area contributed by atoms with Crippen LogP contribution in [-0.4, -0.2) is 12.6 Å². The van der Waals surface area contributed by atoms with Crippen molar-refractivity contribution in [2.75, 3.05) is 6.61 Å². The molecule has 0 fully saturated rings. The summed E-state index contributed by atoms with van der Waals surface area (Å²) in [6.07, 6.45) is 8.17. The second kappa shape index (κ2) is 7.01. The van der Waals surface area contributed by atoms with Gasteiger partial charge in [0.25, 0.3) is 0 Å². The van der Waals surface area contributed by atoms with E-state index in [0.29, 0.717) is 5.76 Å². The molecule has 0 aliphatic heterocycles. The Hall–Kier alpha value is -2.55. The fraction of sp³-hybridized carbons (Fsp3) is 0.0625. The summed E-state index contributed by atoms with van der Waals surface area (Å²) >= 11 is 0. The lowest BCUT2D eigenvalue weighted by atomic mass is 10.2. The van der Waals surface area contributed by atoms with E-state index in [9.17, 15) is 4.79 Å². The predicted octanol–water partition coefficient (Wildman–Crippen LogP) is 3.55. The van der Waals surface area contributed by atoms with Crippen molar-refractivity contribution in [3.63, 3.8) is 0 Å². The van der Waals surface area contributed by atoms with E-state index in [-0.39, 0.29) is 6.61 Å². The van der Waals surface area contributed by atoms with Gasteiger partial charge in [-0.2, -0.15) is 0 Å². The molecule has 0 saturated carbocycles. The number of furan rings is 1. The third-order valence-electron chi connectivity index (χ3n) is 2.36. The van der Waals surface area contributed by atoms with Gasteiger partial charge in [0.15, 0.2) is 0 Å². The summed E-state index contributed by atoms with van der Waals surface area (Å²) in [6, 6.07) is 13.4. The Morgan fingerprint density at radius 2 is 1.95 bits per heavy atom. The van der Waals surface area contributed by atoms with Crippen molar-refractivity contribution >= 4 is 18.1 Å². The molecule has 0 saturated heterocycles. The predicted molar refractivity (Wildman–Crippen MR) is 74.2 cm³/mol. The molecule has 2 aromatic rings. The van der Waals surface area contributed by atoms with Crippen molar-refractivity contribution in [3.8, 4) is 0 Å². The van der Waals surface area contributed by atoms with Crippen LogP contribution in [0.4, 0.5) is 0 Å². The molecule has 2 rings (SSSR count). The highest BCUT2D eigenvalue weighted by molar-refractivity contribution is 5.86. The van der Waals surface area contributed by atoms with E-state index < -0.39 is 5.97 Å². The van der Waals surface area contributed by atoms with Gasteiger partial charge in [0, 0.05) is 6.08 Å². The van der Waals surface area contributed by atoms with Gasteiger partial charge in [0.05, 0.1) is 6.26 Å². The molecule has 0 N–H and O–H groups in total. The summed E-state index contributed by atoms with van der Waals surface area (Å²) in [4.78, 5) is 11.4. The van der Waals surface area contributed by atoms with Crippen LogP contribution in [0, 0.1) is 0 Å². The minimum absolute atomic E-state index is 0.246. The molecule has 19 heavy (non-hydrogen) atoms. The van der Waals surface area contributed by atoms with Crippen molar-refractivity contribution in [3.05, 3.63) is 72.2 Å². The zero-order valence-corrected chi connectivity index (χ0v) is 10.4. The first-order valence-corrected chi connectivity index (χ1v) is 5.94. The van der Waals surface area contributed by atoms with Gasteiger partial charge in [0.2, 0.25) is 0 Å². The smallest absolute Gasteiger partial charge is 0.331 e. The van der Waals surface area contributed by atoms with Gasteiger partial charge in [-0.05, 0) is 29.8 Å². The Labute approximate surface area is 111 Å². The lowest BCUT2D eigenvalue weighted by Crippen LogP contribution is -1.99. The summed E-state index contributed by atoms with van der Waals surface area (Å²) in [5.74, 6) is 0.228. The minimum atomic E-state index is -0.394. The number of hydrogen-bond acceptors (Lipinski definition) is 3. The third kappa shape index (κ3) is 4.68. The lowest BCUT2D eigenvalue weighted by molar-refractivity contribution is -0.136. The van der Waals surface area contributed by atoms with E-state index in [1.807, 2.05) is 36.4 Å². The van der Waals surface area contributed by atoms with E-state index in [0.717, 1.165) is 5.56 Å². The summed E-state index contributed by atoms with van der Waals surface area (Å²) in [5.41, 5.74) is 1.07. The standard InChI is InChI=1S/C16H14O3/c17-16(11-10-15-9-5-12-18-15)19-13-4-8-14-6-2-1-3-7-14/h1-12H,13H2. The summed E-state index contributed by atoms with van der Waals surface area (Å²) in [5, 5.41) is 0. The first-order valence-electron chi connectivity index (χ1n) is 5.94. The number of ether oxygens (including phenoxy) is 1. The average Bonchev–Trinajstić information content (AvgIpc) is 2.96. The Bertz CT molecular complexity index is 551. The molecule has 1 heterocycles. The van der Waals surface area contributed by atoms with Crippen molar-refractivity contribution in [2.24, 2.45) is 0 Å². The second-order valence-corrected chi connectivity index (χ2v) is 3.79. The molecule has 0 spiro atoms. The monoisotopic (exact) mass is 254 g/mol. The SMILES string of the molecule is O=C(C=Cc1ccco1)OCC=Cc1ccccc1. The Morgan fingerprint density at radius 3 is 2.68 bits per heavy atom. The molecular weight excluding hydrogens is 240 g/mol. The van der Waals surface area contributed by atoms with Crippen molar-refractivity contribution < 1.29 is 13.9 Å². The van der Waals surface area contributed by atoms with Gasteiger partial charge in [-0.25, -0.2) is 4.79 Å². The Morgan fingerprint density at radius 1 is 1.11 bits per heavy atom. The molecule has 0 aliphatic carbocycles. The lowest BCUT2D eigenvalue weighted by Gasteiger charge is -1.96. The van der Waals surface area contributed by atoms with E-state index in [1.165, 1.54) is 6.08 Å². The molecular formula is C16H14O3. The first kappa shape index (κ1) is 12.9. The van der Waals surface area contributed by atoms with Crippen LogP contribution < -0.4 is 0 Å². The third-order valence-corrected chi connectivity index (χ3v) is 2.36. The normalized spacial score (nSPS) is 11.2. The largest absolute Gasteiger partial charge is 0.465 e. The highest BCUT2D eigenvalue weighted by atomic mass is 16.5. The molecule has 0 atom stereocenters. The zero-order chi connectivity index (χ0) is 13.3. The molecule has 0 aliphatic rings. The number of hydrogen-bond donors (Lipinski definition) is 0. The number of esters is 1. The molecule has 3 heteroatoms. The van der Waals surface area contributed by atoms with E-state index >= 15 is 0 Å². The van der Waals surface area contributed by atoms with E-state index in [4.69, 9.17) is 9.15 Å². The van der Waals surface area contributed by atoms with Crippen LogP contribution in [-0.2, 0) is 9.53 Å². The molecule has 1 aromatic carbocycles. The van der Waals surface area contributed by atoms with E-state index in [2.05, 4.69) is 0 Å². The van der Waals surface area contributed by atoms with Crippen LogP contribution >= 0.6 is 0 Å². The topological polar surface area (TPSA) is 39.4 Å². The summed E-state index contributed by atoms with van der Waals surface area (Å²) in [6.45, 7) is 0.246.